The van der Waals surface area contributed by atoms with Crippen molar-refractivity contribution in [1.82, 2.24) is 0 Å². The van der Waals surface area contributed by atoms with Crippen LogP contribution in [-0.4, -0.2) is 0 Å². The van der Waals surface area contributed by atoms with Gasteiger partial charge in [0.25, 0.3) is 0 Å². The maximum absolute atomic E-state index is 6.20. The highest BCUT2D eigenvalue weighted by Crippen LogP contribution is 2.30. The van der Waals surface area contributed by atoms with Gasteiger partial charge in [-0.2, -0.15) is 0 Å². The molecule has 2 aromatic carbocycles. The molecule has 19 heavy (non-hydrogen) atoms. The number of nitrogens with two attached hydrogens (primary N) is 1. The molecule has 2 N–H and O–H groups in total. The van der Waals surface area contributed by atoms with Gasteiger partial charge in [0.1, 0.15) is 0 Å². The molecule has 100 valence electrons. The molecule has 0 aliphatic carbocycles. The van der Waals surface area contributed by atoms with Crippen LogP contribution in [0.25, 0.3) is 0 Å². The first-order chi connectivity index (χ1) is 8.99. The van der Waals surface area contributed by atoms with Crippen LogP contribution in [0.5, 0.6) is 0 Å². The fourth-order valence-corrected chi connectivity index (χ4v) is 2.87. The zero-order chi connectivity index (χ0) is 14.0. The van der Waals surface area contributed by atoms with Crippen LogP contribution < -0.4 is 5.73 Å². The first-order valence-electron chi connectivity index (χ1n) is 5.62. The van der Waals surface area contributed by atoms with E-state index in [0.717, 1.165) is 15.6 Å². The van der Waals surface area contributed by atoms with Crippen LogP contribution in [0.1, 0.15) is 17.2 Å². The van der Waals surface area contributed by atoms with Crippen molar-refractivity contribution < 1.29 is 0 Å². The molecule has 0 bridgehead atoms. The first-order valence-corrected chi connectivity index (χ1v) is 7.55. The van der Waals surface area contributed by atoms with E-state index in [1.807, 2.05) is 36.4 Å². The molecular weight excluding hydrogens is 368 g/mol. The average molecular weight is 380 g/mol. The van der Waals surface area contributed by atoms with Crippen molar-refractivity contribution in [2.45, 2.75) is 12.5 Å². The van der Waals surface area contributed by atoms with Gasteiger partial charge in [-0.25, -0.2) is 0 Å². The van der Waals surface area contributed by atoms with Gasteiger partial charge in [0.05, 0.1) is 5.02 Å². The monoisotopic (exact) mass is 377 g/mol. The molecule has 0 aliphatic rings. The van der Waals surface area contributed by atoms with Crippen molar-refractivity contribution in [2.24, 2.45) is 5.73 Å². The summed E-state index contributed by atoms with van der Waals surface area (Å²) in [5.41, 5.74) is 8.05. The van der Waals surface area contributed by atoms with Crippen LogP contribution in [-0.2, 0) is 6.42 Å². The van der Waals surface area contributed by atoms with E-state index >= 15 is 0 Å². The quantitative estimate of drug-likeness (QED) is 0.732. The first kappa shape index (κ1) is 15.1. The molecule has 1 unspecified atom stereocenters. The maximum atomic E-state index is 6.20. The van der Waals surface area contributed by atoms with E-state index in [0.29, 0.717) is 21.5 Å². The number of hydrogen-bond donors (Lipinski definition) is 1. The lowest BCUT2D eigenvalue weighted by atomic mass is 10.00. The van der Waals surface area contributed by atoms with E-state index in [1.165, 1.54) is 0 Å². The summed E-state index contributed by atoms with van der Waals surface area (Å²) in [5.74, 6) is 0. The average Bonchev–Trinajstić information content (AvgIpc) is 2.37. The summed E-state index contributed by atoms with van der Waals surface area (Å²) in [6, 6.07) is 10.9. The summed E-state index contributed by atoms with van der Waals surface area (Å²) in [6.07, 6.45) is 0.576. The lowest BCUT2D eigenvalue weighted by molar-refractivity contribution is 0.722. The van der Waals surface area contributed by atoms with Gasteiger partial charge in [-0.1, -0.05) is 46.9 Å². The van der Waals surface area contributed by atoms with E-state index < -0.39 is 0 Å². The van der Waals surface area contributed by atoms with Crippen LogP contribution in [0.4, 0.5) is 0 Å². The minimum atomic E-state index is -0.189. The van der Waals surface area contributed by atoms with Gasteiger partial charge in [0.15, 0.2) is 0 Å². The predicted octanol–water partition coefficient (Wildman–Crippen LogP) is 5.65. The smallest absolute Gasteiger partial charge is 0.0548 e. The SMILES string of the molecule is NC(Cc1c(Cl)cccc1Cl)c1ccc(Cl)c(Br)c1. The van der Waals surface area contributed by atoms with E-state index in [9.17, 15) is 0 Å². The zero-order valence-corrected chi connectivity index (χ0v) is 13.7. The largest absolute Gasteiger partial charge is 0.324 e. The molecule has 0 aromatic heterocycles. The minimum absolute atomic E-state index is 0.189. The van der Waals surface area contributed by atoms with Crippen molar-refractivity contribution in [3.63, 3.8) is 0 Å². The normalized spacial score (nSPS) is 12.5. The summed E-state index contributed by atoms with van der Waals surface area (Å²) in [6.45, 7) is 0. The lowest BCUT2D eigenvalue weighted by Gasteiger charge is -2.15. The Balaban J connectivity index is 2.25. The highest BCUT2D eigenvalue weighted by atomic mass is 79.9. The molecule has 0 radical (unpaired) electrons. The highest BCUT2D eigenvalue weighted by molar-refractivity contribution is 9.10. The molecule has 0 aliphatic heterocycles. The van der Waals surface area contributed by atoms with E-state index in [2.05, 4.69) is 15.9 Å². The topological polar surface area (TPSA) is 26.0 Å². The van der Waals surface area contributed by atoms with Gasteiger partial charge in [0, 0.05) is 20.6 Å². The number of benzene rings is 2. The Morgan fingerprint density at radius 2 is 1.63 bits per heavy atom. The van der Waals surface area contributed by atoms with Crippen molar-refractivity contribution in [2.75, 3.05) is 0 Å². The minimum Gasteiger partial charge on any atom is -0.324 e. The summed E-state index contributed by atoms with van der Waals surface area (Å²) in [5, 5.41) is 1.93. The Morgan fingerprint density at radius 3 is 2.21 bits per heavy atom. The Labute approximate surface area is 135 Å². The molecule has 0 saturated carbocycles. The molecule has 2 aromatic rings. The number of rotatable bonds is 3. The van der Waals surface area contributed by atoms with Crippen molar-refractivity contribution >= 4 is 50.7 Å². The van der Waals surface area contributed by atoms with Crippen LogP contribution in [0, 0.1) is 0 Å². The fourth-order valence-electron chi connectivity index (χ4n) is 1.81. The lowest BCUT2D eigenvalue weighted by Crippen LogP contribution is -2.14. The second kappa shape index (κ2) is 6.47. The Morgan fingerprint density at radius 1 is 1.00 bits per heavy atom. The molecule has 1 atom stereocenters. The van der Waals surface area contributed by atoms with Gasteiger partial charge in [0.2, 0.25) is 0 Å². The Bertz CT molecular complexity index is 581. The van der Waals surface area contributed by atoms with Crippen LogP contribution in [0.3, 0.4) is 0 Å². The number of hydrogen-bond acceptors (Lipinski definition) is 1. The molecular formula is C14H11BrCl3N. The van der Waals surface area contributed by atoms with E-state index in [4.69, 9.17) is 40.5 Å². The molecule has 2 rings (SSSR count). The molecule has 1 nitrogen and oxygen atoms in total. The summed E-state index contributed by atoms with van der Waals surface area (Å²) >= 11 is 21.6. The summed E-state index contributed by atoms with van der Waals surface area (Å²) in [4.78, 5) is 0. The Hall–Kier alpha value is -0.250. The third kappa shape index (κ3) is 3.65. The number of halogens is 4. The second-order valence-corrected chi connectivity index (χ2v) is 6.26. The van der Waals surface area contributed by atoms with Gasteiger partial charge in [-0.05, 0) is 57.7 Å². The molecule has 0 fully saturated rings. The molecule has 0 spiro atoms. The van der Waals surface area contributed by atoms with Gasteiger partial charge in [-0.3, -0.25) is 0 Å². The zero-order valence-electron chi connectivity index (χ0n) is 9.84. The third-order valence-corrected chi connectivity index (χ3v) is 4.78. The second-order valence-electron chi connectivity index (χ2n) is 4.18. The molecule has 5 heteroatoms. The van der Waals surface area contributed by atoms with E-state index in [-0.39, 0.29) is 6.04 Å². The van der Waals surface area contributed by atoms with E-state index in [1.54, 1.807) is 0 Å². The highest BCUT2D eigenvalue weighted by Gasteiger charge is 2.13. The Kier molecular flexibility index (Phi) is 5.15. The van der Waals surface area contributed by atoms with Gasteiger partial charge in [-0.15, -0.1) is 0 Å². The van der Waals surface area contributed by atoms with Crippen LogP contribution in [0.2, 0.25) is 15.1 Å². The van der Waals surface area contributed by atoms with Crippen molar-refractivity contribution in [3.05, 3.63) is 67.1 Å². The van der Waals surface area contributed by atoms with Crippen molar-refractivity contribution in [1.29, 1.82) is 0 Å². The molecule has 0 heterocycles. The maximum Gasteiger partial charge on any atom is 0.0548 e. The molecule has 0 amide bonds. The molecule has 0 saturated heterocycles. The summed E-state index contributed by atoms with van der Waals surface area (Å²) in [7, 11) is 0. The van der Waals surface area contributed by atoms with Crippen LogP contribution in [0.15, 0.2) is 40.9 Å². The summed E-state index contributed by atoms with van der Waals surface area (Å²) < 4.78 is 0.826. The van der Waals surface area contributed by atoms with Gasteiger partial charge < -0.3 is 5.73 Å². The van der Waals surface area contributed by atoms with Crippen LogP contribution >= 0.6 is 50.7 Å². The third-order valence-electron chi connectivity index (χ3n) is 2.86. The predicted molar refractivity (Wildman–Crippen MR) is 86.2 cm³/mol. The van der Waals surface area contributed by atoms with Gasteiger partial charge >= 0.3 is 0 Å². The van der Waals surface area contributed by atoms with Crippen molar-refractivity contribution in [3.8, 4) is 0 Å². The fraction of sp³-hybridized carbons (Fsp3) is 0.143. The standard InChI is InChI=1S/C14H11BrCl3N/c15-10-6-8(4-5-13(10)18)14(19)7-9-11(16)2-1-3-12(9)17/h1-6,14H,7,19H2.